The second-order valence-corrected chi connectivity index (χ2v) is 7.70. The summed E-state index contributed by atoms with van der Waals surface area (Å²) in [6.45, 7) is 1.00. The van der Waals surface area contributed by atoms with Crippen LogP contribution < -0.4 is 16.0 Å². The highest BCUT2D eigenvalue weighted by atomic mass is 35.5. The molecule has 2 aliphatic heterocycles. The molecule has 2 aromatic carbocycles. The third-order valence-electron chi connectivity index (χ3n) is 4.99. The molecule has 0 saturated carbocycles. The molecule has 1 atom stereocenters. The van der Waals surface area contributed by atoms with Crippen molar-refractivity contribution in [2.24, 2.45) is 0 Å². The van der Waals surface area contributed by atoms with Gasteiger partial charge in [0, 0.05) is 23.3 Å². The van der Waals surface area contributed by atoms with Gasteiger partial charge < -0.3 is 20.7 Å². The normalized spacial score (nSPS) is 17.4. The number of urea groups is 1. The summed E-state index contributed by atoms with van der Waals surface area (Å²) in [7, 11) is 0. The van der Waals surface area contributed by atoms with E-state index in [1.165, 1.54) is 11.8 Å². The predicted molar refractivity (Wildman–Crippen MR) is 117 cm³/mol. The van der Waals surface area contributed by atoms with E-state index in [0.29, 0.717) is 33.2 Å². The number of anilines is 2. The Hall–Kier alpha value is -3.85. The summed E-state index contributed by atoms with van der Waals surface area (Å²) in [6, 6.07) is 12.1. The maximum absolute atomic E-state index is 12.8. The molecule has 0 bridgehead atoms. The lowest BCUT2D eigenvalue weighted by Gasteiger charge is -2.32. The molecule has 0 unspecified atom stereocenters. The van der Waals surface area contributed by atoms with Crippen molar-refractivity contribution < 1.29 is 23.9 Å². The Bertz CT molecular complexity index is 1130. The number of nitrogens with one attached hydrogen (secondary N) is 3. The molecule has 9 nitrogen and oxygen atoms in total. The van der Waals surface area contributed by atoms with Crippen LogP contribution in [0.1, 0.15) is 18.5 Å². The Morgan fingerprint density at radius 2 is 1.69 bits per heavy atom. The zero-order chi connectivity index (χ0) is 22.8. The molecule has 0 radical (unpaired) electrons. The molecule has 2 aromatic rings. The van der Waals surface area contributed by atoms with E-state index in [1.807, 2.05) is 0 Å². The van der Waals surface area contributed by atoms with E-state index >= 15 is 0 Å². The smallest absolute Gasteiger partial charge is 0.338 e. The third kappa shape index (κ3) is 4.42. The van der Waals surface area contributed by atoms with E-state index < -0.39 is 23.9 Å². The van der Waals surface area contributed by atoms with Crippen molar-refractivity contribution in [3.05, 3.63) is 70.4 Å². The van der Waals surface area contributed by atoms with Gasteiger partial charge in [-0.2, -0.15) is 0 Å². The van der Waals surface area contributed by atoms with E-state index in [2.05, 4.69) is 16.0 Å². The summed E-state index contributed by atoms with van der Waals surface area (Å²) in [5.41, 5.74) is 2.41. The van der Waals surface area contributed by atoms with E-state index in [9.17, 15) is 19.2 Å². The summed E-state index contributed by atoms with van der Waals surface area (Å²) >= 11 is 5.93. The highest BCUT2D eigenvalue weighted by molar-refractivity contribution is 6.30. The SMILES string of the molecule is CC(=O)Nc1ccc(NC(=O)CN2C(=O)N[C@H](c3ccc(Cl)cc3)C3=C2COC3=O)cc1. The maximum Gasteiger partial charge on any atom is 0.338 e. The number of hydrogen-bond donors (Lipinski definition) is 3. The number of nitrogens with zero attached hydrogens (tertiary/aromatic N) is 1. The number of cyclic esters (lactones) is 1. The van der Waals surface area contributed by atoms with Gasteiger partial charge in [0.05, 0.1) is 17.3 Å². The fraction of sp³-hybridized carbons (Fsp3) is 0.182. The van der Waals surface area contributed by atoms with Crippen LogP contribution in [0.2, 0.25) is 5.02 Å². The van der Waals surface area contributed by atoms with E-state index in [-0.39, 0.29) is 19.1 Å². The van der Waals surface area contributed by atoms with Crippen LogP contribution in [0, 0.1) is 0 Å². The standard InChI is InChI=1S/C22H19ClN4O5/c1-12(28)24-15-6-8-16(9-7-15)25-18(29)10-27-17-11-32-21(30)19(17)20(26-22(27)31)13-2-4-14(23)5-3-13/h2-9,20H,10-11H2,1H3,(H,24,28)(H,25,29)(H,26,31)/t20-/m1/s1. The van der Waals surface area contributed by atoms with Gasteiger partial charge >= 0.3 is 12.0 Å². The molecule has 2 aliphatic rings. The summed E-state index contributed by atoms with van der Waals surface area (Å²) < 4.78 is 5.16. The minimum Gasteiger partial charge on any atom is -0.456 e. The Morgan fingerprint density at radius 1 is 1.06 bits per heavy atom. The number of esters is 1. The van der Waals surface area contributed by atoms with Gasteiger partial charge in [0.2, 0.25) is 11.8 Å². The van der Waals surface area contributed by atoms with Crippen molar-refractivity contribution in [1.29, 1.82) is 0 Å². The fourth-order valence-electron chi connectivity index (χ4n) is 3.57. The lowest BCUT2D eigenvalue weighted by Crippen LogP contribution is -2.49. The largest absolute Gasteiger partial charge is 0.456 e. The zero-order valence-corrected chi connectivity index (χ0v) is 17.7. The Balaban J connectivity index is 1.51. The van der Waals surface area contributed by atoms with Gasteiger partial charge in [-0.15, -0.1) is 0 Å². The van der Waals surface area contributed by atoms with Crippen LogP contribution in [-0.4, -0.2) is 41.9 Å². The molecule has 32 heavy (non-hydrogen) atoms. The number of ether oxygens (including phenoxy) is 1. The van der Waals surface area contributed by atoms with E-state index in [4.69, 9.17) is 16.3 Å². The molecule has 0 saturated heterocycles. The fourth-order valence-corrected chi connectivity index (χ4v) is 3.69. The number of rotatable bonds is 5. The van der Waals surface area contributed by atoms with E-state index in [0.717, 1.165) is 0 Å². The lowest BCUT2D eigenvalue weighted by atomic mass is 9.96. The summed E-state index contributed by atoms with van der Waals surface area (Å²) in [4.78, 5) is 50.1. The van der Waals surface area contributed by atoms with Gasteiger partial charge in [0.15, 0.2) is 0 Å². The summed E-state index contributed by atoms with van der Waals surface area (Å²) in [5, 5.41) is 8.62. The minimum absolute atomic E-state index is 0.0929. The van der Waals surface area contributed by atoms with Crippen molar-refractivity contribution in [2.45, 2.75) is 13.0 Å². The molecule has 0 aromatic heterocycles. The molecule has 3 N–H and O–H groups in total. The van der Waals surface area contributed by atoms with Crippen LogP contribution in [0.4, 0.5) is 16.2 Å². The molecule has 0 fully saturated rings. The lowest BCUT2D eigenvalue weighted by molar-refractivity contribution is -0.136. The molecular formula is C22H19ClN4O5. The maximum atomic E-state index is 12.8. The van der Waals surface area contributed by atoms with Crippen LogP contribution in [0.5, 0.6) is 0 Å². The van der Waals surface area contributed by atoms with Gasteiger partial charge in [-0.05, 0) is 42.0 Å². The van der Waals surface area contributed by atoms with Gasteiger partial charge in [0.25, 0.3) is 0 Å². The number of carbonyl (C=O) groups is 4. The average molecular weight is 455 g/mol. The quantitative estimate of drug-likeness (QED) is 0.600. The van der Waals surface area contributed by atoms with Gasteiger partial charge in [-0.25, -0.2) is 9.59 Å². The van der Waals surface area contributed by atoms with Crippen LogP contribution in [0.15, 0.2) is 59.8 Å². The van der Waals surface area contributed by atoms with E-state index in [1.54, 1.807) is 48.5 Å². The molecule has 0 aliphatic carbocycles. The second kappa shape index (κ2) is 8.72. The second-order valence-electron chi connectivity index (χ2n) is 7.26. The van der Waals surface area contributed by atoms with Crippen molar-refractivity contribution in [1.82, 2.24) is 10.2 Å². The highest BCUT2D eigenvalue weighted by Gasteiger charge is 2.42. The van der Waals surface area contributed by atoms with Crippen LogP contribution >= 0.6 is 11.6 Å². The molecule has 4 amide bonds. The number of halogens is 1. The molecule has 164 valence electrons. The number of carbonyl (C=O) groups excluding carboxylic acids is 4. The predicted octanol–water partition coefficient (Wildman–Crippen LogP) is 2.81. The monoisotopic (exact) mass is 454 g/mol. The molecule has 0 spiro atoms. The Kier molecular flexibility index (Phi) is 5.83. The van der Waals surface area contributed by atoms with Crippen molar-refractivity contribution >= 4 is 46.8 Å². The molecule has 4 rings (SSSR count). The first-order valence-corrected chi connectivity index (χ1v) is 10.1. The van der Waals surface area contributed by atoms with Crippen molar-refractivity contribution in [3.8, 4) is 0 Å². The van der Waals surface area contributed by atoms with Crippen molar-refractivity contribution in [3.63, 3.8) is 0 Å². The summed E-state index contributed by atoms with van der Waals surface area (Å²) in [6.07, 6.45) is 0. The minimum atomic E-state index is -0.689. The van der Waals surface area contributed by atoms with Crippen molar-refractivity contribution in [2.75, 3.05) is 23.8 Å². The first-order valence-electron chi connectivity index (χ1n) is 9.73. The number of benzene rings is 2. The Morgan fingerprint density at radius 3 is 2.31 bits per heavy atom. The average Bonchev–Trinajstić information content (AvgIpc) is 3.13. The Labute approximate surface area is 188 Å². The first-order chi connectivity index (χ1) is 15.3. The third-order valence-corrected chi connectivity index (χ3v) is 5.24. The topological polar surface area (TPSA) is 117 Å². The molecular weight excluding hydrogens is 436 g/mol. The molecule has 2 heterocycles. The molecule has 10 heteroatoms. The van der Waals surface area contributed by atoms with Crippen LogP contribution in [-0.2, 0) is 19.1 Å². The number of amides is 4. The van der Waals surface area contributed by atoms with Gasteiger partial charge in [-0.1, -0.05) is 23.7 Å². The van der Waals surface area contributed by atoms with Crippen LogP contribution in [0.3, 0.4) is 0 Å². The highest BCUT2D eigenvalue weighted by Crippen LogP contribution is 2.35. The first kappa shape index (κ1) is 21.4. The number of hydrogen-bond acceptors (Lipinski definition) is 5. The van der Waals surface area contributed by atoms with Crippen LogP contribution in [0.25, 0.3) is 0 Å². The zero-order valence-electron chi connectivity index (χ0n) is 17.0. The van der Waals surface area contributed by atoms with Gasteiger partial charge in [0.1, 0.15) is 13.2 Å². The summed E-state index contributed by atoms with van der Waals surface area (Å²) in [5.74, 6) is -1.20. The van der Waals surface area contributed by atoms with Gasteiger partial charge in [-0.3, -0.25) is 14.5 Å².